The number of rotatable bonds is 30. The van der Waals surface area contributed by atoms with Crippen molar-refractivity contribution in [1.82, 2.24) is 37.2 Å². The summed E-state index contributed by atoms with van der Waals surface area (Å²) in [5, 5.41) is 66.3. The van der Waals surface area contributed by atoms with Crippen LogP contribution < -0.4 is 48.7 Å². The maximum absolute atomic E-state index is 13.1. The first-order valence-electron chi connectivity index (χ1n) is 22.0. The molecule has 9 unspecified atom stereocenters. The fourth-order valence-electron chi connectivity index (χ4n) is 6.50. The molecule has 1 aromatic carbocycles. The highest BCUT2D eigenvalue weighted by atomic mass is 32.2. The monoisotopic (exact) mass is 955 g/mol. The van der Waals surface area contributed by atoms with E-state index in [1.165, 1.54) is 18.7 Å². The number of aliphatic carboxylic acids is 1. The standard InChI is InChI=1S/C42H69N9O14S/c1-23(2)18-29(41(63)64)51-40(62)28(9-5-7-16-44)50-37(59)24(3)48-32(54)20-45-31(53)19-47-39(61)27(8-4-6-15-43)49-33(55)21-46-38(60)26-12-10-25(11-13-26)14-17-66-42-36(58)35(57)34(56)30(22-52)65-42/h10-13,23-24,27-30,34-36,42,52,56-58H,4-9,14-22,43-44H2,1-3H3,(H,45,53)(H,46,60)(H,47,61)(H,48,54)(H,49,55)(H,50,59)(H,51,62)(H,63,64). The molecule has 2 rings (SSSR count). The van der Waals surface area contributed by atoms with Crippen LogP contribution in [0.5, 0.6) is 0 Å². The van der Waals surface area contributed by atoms with E-state index in [9.17, 15) is 63.9 Å². The van der Waals surface area contributed by atoms with Crippen molar-refractivity contribution in [3.63, 3.8) is 0 Å². The Balaban J connectivity index is 1.83. The van der Waals surface area contributed by atoms with Crippen molar-refractivity contribution in [2.75, 3.05) is 45.1 Å². The first kappa shape index (κ1) is 57.2. The molecule has 1 aliphatic heterocycles. The molecule has 0 aliphatic carbocycles. The Kier molecular flexibility index (Phi) is 26.3. The first-order chi connectivity index (χ1) is 31.3. The van der Waals surface area contributed by atoms with Crippen LogP contribution in [0.4, 0.5) is 0 Å². The van der Waals surface area contributed by atoms with E-state index in [0.29, 0.717) is 50.9 Å². The number of carbonyl (C=O) groups excluding carboxylic acids is 7. The Bertz CT molecular complexity index is 1740. The highest BCUT2D eigenvalue weighted by Crippen LogP contribution is 2.29. The molecule has 24 heteroatoms. The fraction of sp³-hybridized carbons (Fsp3) is 0.667. The zero-order valence-corrected chi connectivity index (χ0v) is 38.5. The zero-order valence-electron chi connectivity index (χ0n) is 37.7. The molecule has 16 N–H and O–H groups in total. The minimum atomic E-state index is -1.47. The highest BCUT2D eigenvalue weighted by molar-refractivity contribution is 7.99. The predicted molar refractivity (Wildman–Crippen MR) is 241 cm³/mol. The summed E-state index contributed by atoms with van der Waals surface area (Å²) in [6.45, 7) is 3.48. The summed E-state index contributed by atoms with van der Waals surface area (Å²) < 4.78 is 5.50. The van der Waals surface area contributed by atoms with E-state index in [1.54, 1.807) is 38.1 Å². The third kappa shape index (κ3) is 20.7. The lowest BCUT2D eigenvalue weighted by Gasteiger charge is -2.39. The number of hydrogen-bond acceptors (Lipinski definition) is 16. The van der Waals surface area contributed by atoms with Crippen LogP contribution in [-0.2, 0) is 44.7 Å². The average molecular weight is 956 g/mol. The Morgan fingerprint density at radius 2 is 1.23 bits per heavy atom. The van der Waals surface area contributed by atoms with Crippen LogP contribution in [0, 0.1) is 5.92 Å². The van der Waals surface area contributed by atoms with Crippen molar-refractivity contribution >= 4 is 59.1 Å². The van der Waals surface area contributed by atoms with E-state index in [1.807, 2.05) is 0 Å². The molecule has 23 nitrogen and oxygen atoms in total. The number of amides is 7. The lowest BCUT2D eigenvalue weighted by atomic mass is 10.0. The Hall–Kier alpha value is -4.95. The predicted octanol–water partition coefficient (Wildman–Crippen LogP) is -3.93. The van der Waals surface area contributed by atoms with Crippen LogP contribution in [0.1, 0.15) is 81.6 Å². The van der Waals surface area contributed by atoms with E-state index in [4.69, 9.17) is 16.2 Å². The number of nitrogens with two attached hydrogens (primary N) is 2. The van der Waals surface area contributed by atoms with Gasteiger partial charge >= 0.3 is 5.97 Å². The number of unbranched alkanes of at least 4 members (excludes halogenated alkanes) is 2. The quantitative estimate of drug-likeness (QED) is 0.0328. The number of hydrogen-bond donors (Lipinski definition) is 14. The average Bonchev–Trinajstić information content (AvgIpc) is 3.28. The van der Waals surface area contributed by atoms with E-state index in [2.05, 4.69) is 37.2 Å². The van der Waals surface area contributed by atoms with Gasteiger partial charge in [0.25, 0.3) is 5.91 Å². The summed E-state index contributed by atoms with van der Waals surface area (Å²) in [7, 11) is 0. The molecule has 1 aliphatic rings. The van der Waals surface area contributed by atoms with Crippen molar-refractivity contribution in [3.8, 4) is 0 Å². The van der Waals surface area contributed by atoms with Crippen molar-refractivity contribution in [2.24, 2.45) is 17.4 Å². The van der Waals surface area contributed by atoms with Crippen LogP contribution in [0.2, 0.25) is 0 Å². The number of carbonyl (C=O) groups is 8. The van der Waals surface area contributed by atoms with E-state index < -0.39 is 128 Å². The molecule has 1 fully saturated rings. The molecule has 9 atom stereocenters. The number of benzene rings is 1. The van der Waals surface area contributed by atoms with Crippen molar-refractivity contribution < 1.29 is 68.6 Å². The van der Waals surface area contributed by atoms with Gasteiger partial charge in [-0.1, -0.05) is 26.0 Å². The maximum atomic E-state index is 13.1. The summed E-state index contributed by atoms with van der Waals surface area (Å²) in [5.41, 5.74) is 11.4. The molecule has 1 aromatic rings. The summed E-state index contributed by atoms with van der Waals surface area (Å²) in [4.78, 5) is 102. The number of carboxylic acid groups (broad SMARTS) is 1. The lowest BCUT2D eigenvalue weighted by molar-refractivity contribution is -0.205. The number of carboxylic acids is 1. The molecular weight excluding hydrogens is 887 g/mol. The Morgan fingerprint density at radius 3 is 1.80 bits per heavy atom. The van der Waals surface area contributed by atoms with Gasteiger partial charge in [-0.2, -0.15) is 0 Å². The molecule has 0 spiro atoms. The molecular formula is C42H69N9O14S. The molecule has 1 heterocycles. The second-order valence-electron chi connectivity index (χ2n) is 16.3. The summed E-state index contributed by atoms with van der Waals surface area (Å²) in [6, 6.07) is 1.98. The molecule has 0 saturated carbocycles. The van der Waals surface area contributed by atoms with Crippen LogP contribution in [-0.4, -0.2) is 172 Å². The van der Waals surface area contributed by atoms with Gasteiger partial charge in [0, 0.05) is 5.56 Å². The number of thioether (sulfide) groups is 1. The van der Waals surface area contributed by atoms with E-state index >= 15 is 0 Å². The number of aliphatic hydroxyl groups excluding tert-OH is 4. The normalized spacial score (nSPS) is 19.9. The largest absolute Gasteiger partial charge is 0.480 e. The third-order valence-corrected chi connectivity index (χ3v) is 11.4. The SMILES string of the molecule is CC(C)CC(NC(=O)C(CCCCN)NC(=O)C(C)NC(=O)CNC(=O)CNC(=O)C(CCCCN)NC(=O)CNC(=O)c1ccc(CCSC2OC(CO)C(O)C(O)C2O)cc1)C(=O)O. The number of ether oxygens (including phenoxy) is 1. The summed E-state index contributed by atoms with van der Waals surface area (Å²) in [5.74, 6) is -5.72. The van der Waals surface area contributed by atoms with Crippen LogP contribution in [0.15, 0.2) is 24.3 Å². The number of aryl methyl sites for hydroxylation is 1. The van der Waals surface area contributed by atoms with Gasteiger partial charge < -0.3 is 79.0 Å². The molecule has 0 radical (unpaired) electrons. The van der Waals surface area contributed by atoms with Crippen molar-refractivity contribution in [1.29, 1.82) is 0 Å². The summed E-state index contributed by atoms with van der Waals surface area (Å²) in [6.07, 6.45) is -2.28. The van der Waals surface area contributed by atoms with Gasteiger partial charge in [0.15, 0.2) is 0 Å². The smallest absolute Gasteiger partial charge is 0.326 e. The van der Waals surface area contributed by atoms with Crippen LogP contribution in [0.3, 0.4) is 0 Å². The molecule has 7 amide bonds. The first-order valence-corrected chi connectivity index (χ1v) is 23.0. The Labute approximate surface area is 388 Å². The molecule has 372 valence electrons. The summed E-state index contributed by atoms with van der Waals surface area (Å²) >= 11 is 1.20. The van der Waals surface area contributed by atoms with E-state index in [0.717, 1.165) is 5.56 Å². The van der Waals surface area contributed by atoms with E-state index in [-0.39, 0.29) is 30.7 Å². The van der Waals surface area contributed by atoms with Gasteiger partial charge in [-0.25, -0.2) is 4.79 Å². The molecule has 0 bridgehead atoms. The van der Waals surface area contributed by atoms with Crippen molar-refractivity contribution in [2.45, 2.75) is 126 Å². The third-order valence-electron chi connectivity index (χ3n) is 10.3. The maximum Gasteiger partial charge on any atom is 0.326 e. The topological polar surface area (TPSA) is 383 Å². The van der Waals surface area contributed by atoms with Gasteiger partial charge in [-0.05, 0) is 101 Å². The van der Waals surface area contributed by atoms with Crippen LogP contribution >= 0.6 is 11.8 Å². The minimum absolute atomic E-state index is 0.0307. The minimum Gasteiger partial charge on any atom is -0.480 e. The Morgan fingerprint density at radius 1 is 0.667 bits per heavy atom. The molecule has 66 heavy (non-hydrogen) atoms. The lowest BCUT2D eigenvalue weighted by Crippen LogP contribution is -2.57. The second-order valence-corrected chi connectivity index (χ2v) is 17.5. The zero-order chi connectivity index (χ0) is 49.3. The molecule has 0 aromatic heterocycles. The van der Waals surface area contributed by atoms with Gasteiger partial charge in [0.05, 0.1) is 26.2 Å². The number of aliphatic hydroxyl groups is 4. The van der Waals surface area contributed by atoms with Gasteiger partial charge in [0.2, 0.25) is 35.4 Å². The van der Waals surface area contributed by atoms with Crippen LogP contribution in [0.25, 0.3) is 0 Å². The second kappa shape index (κ2) is 30.4. The molecule has 1 saturated heterocycles. The van der Waals surface area contributed by atoms with Gasteiger partial charge in [-0.15, -0.1) is 11.8 Å². The van der Waals surface area contributed by atoms with Gasteiger partial charge in [-0.3, -0.25) is 33.6 Å². The number of nitrogens with one attached hydrogen (secondary N) is 7. The highest BCUT2D eigenvalue weighted by Gasteiger charge is 2.43. The van der Waals surface area contributed by atoms with Crippen molar-refractivity contribution in [3.05, 3.63) is 35.4 Å². The fourth-order valence-corrected chi connectivity index (χ4v) is 7.67. The van der Waals surface area contributed by atoms with Gasteiger partial charge in [0.1, 0.15) is 54.0 Å².